The molecule has 1 N–H and O–H groups in total. The Labute approximate surface area is 193 Å². The van der Waals surface area contributed by atoms with Gasteiger partial charge in [-0.25, -0.2) is 14.8 Å². The minimum absolute atomic E-state index is 0. The first kappa shape index (κ1) is 25.0. The molecule has 9 heteroatoms. The van der Waals surface area contributed by atoms with Crippen LogP contribution in [-0.4, -0.2) is 52.7 Å². The van der Waals surface area contributed by atoms with Crippen LogP contribution in [-0.2, 0) is 4.74 Å². The Morgan fingerprint density at radius 1 is 1.00 bits per heavy atom. The largest absolute Gasteiger partial charge is 0.444 e. The minimum atomic E-state index is -0.413. The first-order valence-corrected chi connectivity index (χ1v) is 12.2. The molecule has 0 aliphatic carbocycles. The van der Waals surface area contributed by atoms with Crippen molar-refractivity contribution in [3.05, 3.63) is 33.2 Å². The topological polar surface area (TPSA) is 67.3 Å². The van der Waals surface area contributed by atoms with E-state index < -0.39 is 5.60 Å². The summed E-state index contributed by atoms with van der Waals surface area (Å²) in [5, 5.41) is 9.95. The number of hydrogen-bond acceptors (Lipinski definition) is 7. The summed E-state index contributed by atoms with van der Waals surface area (Å²) >= 11 is 3.49. The fraction of sp³-hybridized carbons (Fsp3) is 0.667. The fourth-order valence-electron chi connectivity index (χ4n) is 3.58. The van der Waals surface area contributed by atoms with Crippen LogP contribution in [0.15, 0.2) is 23.2 Å². The van der Waals surface area contributed by atoms with E-state index in [2.05, 4.69) is 20.7 Å². The number of carbonyl (C=O) groups is 1. The molecule has 0 bridgehead atoms. The number of hydrogen-bond donors (Lipinski definition) is 1. The predicted octanol–water partition coefficient (Wildman–Crippen LogP) is 5.29. The van der Waals surface area contributed by atoms with Crippen molar-refractivity contribution in [2.24, 2.45) is 0 Å². The van der Waals surface area contributed by atoms with Gasteiger partial charge in [-0.15, -0.1) is 35.1 Å². The predicted molar refractivity (Wildman–Crippen MR) is 126 cm³/mol. The van der Waals surface area contributed by atoms with Crippen molar-refractivity contribution >= 4 is 41.2 Å². The molecule has 168 valence electrons. The van der Waals surface area contributed by atoms with Crippen LogP contribution in [0, 0.1) is 0 Å². The van der Waals surface area contributed by atoms with Crippen LogP contribution in [0.1, 0.15) is 68.3 Å². The molecule has 0 saturated carbocycles. The van der Waals surface area contributed by atoms with Crippen LogP contribution in [0.25, 0.3) is 0 Å². The molecule has 0 spiro atoms. The van der Waals surface area contributed by atoms with Crippen LogP contribution in [0.5, 0.6) is 0 Å². The Morgan fingerprint density at radius 3 is 1.93 bits per heavy atom. The van der Waals surface area contributed by atoms with E-state index in [1.165, 1.54) is 22.9 Å². The van der Waals surface area contributed by atoms with Gasteiger partial charge >= 0.3 is 6.09 Å². The lowest BCUT2D eigenvalue weighted by Crippen LogP contribution is -2.41. The van der Waals surface area contributed by atoms with E-state index in [-0.39, 0.29) is 18.5 Å². The standard InChI is InChI=1S/C13H20N2O2S.C8H12N2S.ClH/c1-13(2,3)17-12(16)15-7-4-10(5-8-15)11-14-6-9-18-11;1-3-9-4-2-7(1)8-10-5-6-11-8;/h6,9-10H,4-5,7-8H2,1-3H3;5-7,9H,1-4H2;1H. The zero-order chi connectivity index (χ0) is 20.7. The van der Waals surface area contributed by atoms with Crippen molar-refractivity contribution in [1.29, 1.82) is 0 Å². The normalized spacial score (nSPS) is 18.2. The Hall–Kier alpha value is -1.22. The van der Waals surface area contributed by atoms with Gasteiger partial charge in [0.1, 0.15) is 5.60 Å². The number of halogens is 1. The highest BCUT2D eigenvalue weighted by Crippen LogP contribution is 2.30. The van der Waals surface area contributed by atoms with Crippen LogP contribution in [0.3, 0.4) is 0 Å². The molecule has 6 nitrogen and oxygen atoms in total. The molecular weight excluding hydrogens is 440 g/mol. The highest BCUT2D eigenvalue weighted by Gasteiger charge is 2.28. The molecule has 2 aromatic heterocycles. The zero-order valence-electron chi connectivity index (χ0n) is 18.0. The van der Waals surface area contributed by atoms with Gasteiger partial charge in [0.05, 0.1) is 10.0 Å². The summed E-state index contributed by atoms with van der Waals surface area (Å²) < 4.78 is 5.38. The van der Waals surface area contributed by atoms with Crippen molar-refractivity contribution in [3.63, 3.8) is 0 Å². The maximum atomic E-state index is 11.9. The van der Waals surface area contributed by atoms with Gasteiger partial charge in [0, 0.05) is 48.1 Å². The number of likely N-dealkylation sites (tertiary alicyclic amines) is 1. The Morgan fingerprint density at radius 2 is 1.50 bits per heavy atom. The maximum Gasteiger partial charge on any atom is 0.410 e. The number of rotatable bonds is 2. The van der Waals surface area contributed by atoms with Gasteiger partial charge < -0.3 is 15.0 Å². The third-order valence-corrected chi connectivity index (χ3v) is 6.96. The number of nitrogens with zero attached hydrogens (tertiary/aromatic N) is 3. The SMILES string of the molecule is CC(C)(C)OC(=O)N1CCC(c2nccs2)CC1.Cl.c1csc(C2CCNCC2)n1. The van der Waals surface area contributed by atoms with Gasteiger partial charge in [0.2, 0.25) is 0 Å². The Balaban J connectivity index is 0.000000229. The average Bonchev–Trinajstić information content (AvgIpc) is 3.42. The average molecular weight is 473 g/mol. The van der Waals surface area contributed by atoms with Gasteiger partial charge in [-0.05, 0) is 59.5 Å². The highest BCUT2D eigenvalue weighted by molar-refractivity contribution is 7.09. The Bertz CT molecular complexity index is 721. The molecule has 2 aliphatic rings. The fourth-order valence-corrected chi connectivity index (χ4v) is 5.20. The number of ether oxygens (including phenoxy) is 1. The second-order valence-corrected chi connectivity index (χ2v) is 10.4. The van der Waals surface area contributed by atoms with E-state index in [1.807, 2.05) is 38.5 Å². The lowest BCUT2D eigenvalue weighted by atomic mass is 9.98. The minimum Gasteiger partial charge on any atom is -0.444 e. The van der Waals surface area contributed by atoms with Crippen LogP contribution >= 0.6 is 35.1 Å². The van der Waals surface area contributed by atoms with Gasteiger partial charge in [-0.3, -0.25) is 0 Å². The second-order valence-electron chi connectivity index (χ2n) is 8.51. The van der Waals surface area contributed by atoms with Crippen molar-refractivity contribution in [1.82, 2.24) is 20.2 Å². The molecule has 0 radical (unpaired) electrons. The van der Waals surface area contributed by atoms with E-state index >= 15 is 0 Å². The van der Waals surface area contributed by atoms with E-state index in [4.69, 9.17) is 4.74 Å². The van der Waals surface area contributed by atoms with E-state index in [0.717, 1.165) is 44.9 Å². The summed E-state index contributed by atoms with van der Waals surface area (Å²) in [7, 11) is 0. The lowest BCUT2D eigenvalue weighted by Gasteiger charge is -2.32. The second kappa shape index (κ2) is 12.0. The van der Waals surface area contributed by atoms with E-state index in [0.29, 0.717) is 5.92 Å². The third-order valence-electron chi connectivity index (χ3n) is 5.09. The molecule has 30 heavy (non-hydrogen) atoms. The summed E-state index contributed by atoms with van der Waals surface area (Å²) in [6, 6.07) is 0. The van der Waals surface area contributed by atoms with Crippen molar-refractivity contribution in [2.45, 2.75) is 63.9 Å². The molecule has 2 fully saturated rings. The van der Waals surface area contributed by atoms with Crippen molar-refractivity contribution < 1.29 is 9.53 Å². The van der Waals surface area contributed by atoms with Gasteiger partial charge in [0.15, 0.2) is 0 Å². The summed E-state index contributed by atoms with van der Waals surface area (Å²) in [6.07, 6.45) is 8.03. The number of aromatic nitrogens is 2. The number of piperidine rings is 2. The summed E-state index contributed by atoms with van der Waals surface area (Å²) in [6.45, 7) is 9.53. The molecule has 0 aromatic carbocycles. The smallest absolute Gasteiger partial charge is 0.410 e. The first-order chi connectivity index (χ1) is 13.9. The quantitative estimate of drug-likeness (QED) is 0.643. The van der Waals surface area contributed by atoms with Gasteiger partial charge in [-0.1, -0.05) is 0 Å². The lowest BCUT2D eigenvalue weighted by molar-refractivity contribution is 0.0205. The molecule has 2 aliphatic heterocycles. The maximum absolute atomic E-state index is 11.9. The molecule has 0 unspecified atom stereocenters. The van der Waals surface area contributed by atoms with Crippen LogP contribution in [0.4, 0.5) is 4.79 Å². The van der Waals surface area contributed by atoms with E-state index in [1.54, 1.807) is 27.6 Å². The summed E-state index contributed by atoms with van der Waals surface area (Å²) in [4.78, 5) is 22.4. The van der Waals surface area contributed by atoms with Gasteiger partial charge in [0.25, 0.3) is 0 Å². The monoisotopic (exact) mass is 472 g/mol. The molecule has 1 amide bonds. The Kier molecular flexibility index (Phi) is 10.0. The van der Waals surface area contributed by atoms with E-state index in [9.17, 15) is 4.79 Å². The number of nitrogens with one attached hydrogen (secondary N) is 1. The van der Waals surface area contributed by atoms with Crippen molar-refractivity contribution in [3.8, 4) is 0 Å². The number of thiazole rings is 2. The molecule has 4 heterocycles. The zero-order valence-corrected chi connectivity index (χ0v) is 20.5. The molecule has 4 rings (SSSR count). The highest BCUT2D eigenvalue weighted by atomic mass is 35.5. The van der Waals surface area contributed by atoms with Gasteiger partial charge in [-0.2, -0.15) is 0 Å². The molecule has 2 aromatic rings. The first-order valence-electron chi connectivity index (χ1n) is 10.4. The molecular formula is C21H33ClN4O2S2. The molecule has 0 atom stereocenters. The molecule has 2 saturated heterocycles. The third kappa shape index (κ3) is 7.80. The summed E-state index contributed by atoms with van der Waals surface area (Å²) in [5.74, 6) is 1.24. The number of carbonyl (C=O) groups excluding carboxylic acids is 1. The van der Waals surface area contributed by atoms with Crippen LogP contribution in [0.2, 0.25) is 0 Å². The number of amides is 1. The summed E-state index contributed by atoms with van der Waals surface area (Å²) in [5.41, 5.74) is -0.413. The van der Waals surface area contributed by atoms with Crippen LogP contribution < -0.4 is 5.32 Å². The van der Waals surface area contributed by atoms with Crippen molar-refractivity contribution in [2.75, 3.05) is 26.2 Å².